The molecule has 18 heavy (non-hydrogen) atoms. The predicted octanol–water partition coefficient (Wildman–Crippen LogP) is 0.565. The summed E-state index contributed by atoms with van der Waals surface area (Å²) in [6.45, 7) is 4.06. The molecule has 2 N–H and O–H groups in total. The van der Waals surface area contributed by atoms with E-state index < -0.39 is 6.29 Å². The Morgan fingerprint density at radius 1 is 1.78 bits per heavy atom. The number of carbonyl (C=O) groups is 1. The van der Waals surface area contributed by atoms with Gasteiger partial charge in [0.15, 0.2) is 6.29 Å². The molecule has 0 bridgehead atoms. The van der Waals surface area contributed by atoms with E-state index in [0.717, 1.165) is 0 Å². The zero-order valence-electron chi connectivity index (χ0n) is 10.6. The van der Waals surface area contributed by atoms with Gasteiger partial charge in [0.2, 0.25) is 5.91 Å². The normalized spacial score (nSPS) is 20.3. The van der Waals surface area contributed by atoms with Crippen molar-refractivity contribution in [2.75, 3.05) is 13.7 Å². The highest BCUT2D eigenvalue weighted by Crippen LogP contribution is 2.33. The Morgan fingerprint density at radius 3 is 3.00 bits per heavy atom. The van der Waals surface area contributed by atoms with Crippen molar-refractivity contribution < 1.29 is 14.6 Å². The third-order valence-electron chi connectivity index (χ3n) is 2.36. The lowest BCUT2D eigenvalue weighted by atomic mass is 10.3. The Labute approximate surface area is 111 Å². The van der Waals surface area contributed by atoms with Gasteiger partial charge >= 0.3 is 0 Å². The first-order valence-electron chi connectivity index (χ1n) is 5.61. The van der Waals surface area contributed by atoms with E-state index in [-0.39, 0.29) is 17.7 Å². The first-order chi connectivity index (χ1) is 8.51. The molecule has 0 aromatic carbocycles. The number of ether oxygens (including phenoxy) is 1. The largest absolute Gasteiger partial charge is 0.370 e. The summed E-state index contributed by atoms with van der Waals surface area (Å²) in [5.74, 6) is -0.308. The lowest BCUT2D eigenvalue weighted by Gasteiger charge is -2.19. The van der Waals surface area contributed by atoms with E-state index in [1.54, 1.807) is 14.0 Å². The Balaban J connectivity index is 2.89. The highest BCUT2D eigenvalue weighted by molar-refractivity contribution is 8.03. The van der Waals surface area contributed by atoms with Gasteiger partial charge in [-0.2, -0.15) is 5.26 Å². The van der Waals surface area contributed by atoms with E-state index in [1.807, 2.05) is 13.0 Å². The number of aliphatic hydroxyl groups is 1. The van der Waals surface area contributed by atoms with E-state index in [2.05, 4.69) is 5.32 Å². The van der Waals surface area contributed by atoms with Crippen LogP contribution in [0.2, 0.25) is 0 Å². The van der Waals surface area contributed by atoms with Gasteiger partial charge in [-0.15, -0.1) is 0 Å². The Hall–Kier alpha value is -1.23. The molecule has 100 valence electrons. The number of thioether (sulfide) groups is 1. The van der Waals surface area contributed by atoms with Crippen LogP contribution in [0.1, 0.15) is 20.3 Å². The summed E-state index contributed by atoms with van der Waals surface area (Å²) >= 11 is 1.41. The van der Waals surface area contributed by atoms with Gasteiger partial charge in [0, 0.05) is 13.7 Å². The summed E-state index contributed by atoms with van der Waals surface area (Å²) in [5.41, 5.74) is 0.475. The summed E-state index contributed by atoms with van der Waals surface area (Å²) in [6.07, 6.45) is -1.27. The molecule has 1 amide bonds. The van der Waals surface area contributed by atoms with Crippen LogP contribution in [0.3, 0.4) is 0 Å². The van der Waals surface area contributed by atoms with Crippen LogP contribution in [0.15, 0.2) is 10.7 Å². The summed E-state index contributed by atoms with van der Waals surface area (Å²) in [6, 6.07) is 1.82. The van der Waals surface area contributed by atoms with Crippen molar-refractivity contribution in [2.45, 2.75) is 31.9 Å². The zero-order valence-corrected chi connectivity index (χ0v) is 11.5. The molecule has 0 fully saturated rings. The standard InChI is InChI=1S/C11H17N3O3S/c1-4-17-11(16)9-10(18-7(2)13-9)14(3)8(15)5-6-12/h7,11,13,16H,4-5H2,1-3H3. The Kier molecular flexibility index (Phi) is 5.47. The van der Waals surface area contributed by atoms with Gasteiger partial charge in [0.05, 0.1) is 17.1 Å². The fraction of sp³-hybridized carbons (Fsp3) is 0.636. The molecule has 1 aliphatic rings. The molecule has 0 aromatic rings. The first-order valence-corrected chi connectivity index (χ1v) is 6.49. The highest BCUT2D eigenvalue weighted by Gasteiger charge is 2.30. The minimum absolute atomic E-state index is 0.0439. The minimum atomic E-state index is -1.08. The van der Waals surface area contributed by atoms with Crippen molar-refractivity contribution in [2.24, 2.45) is 0 Å². The van der Waals surface area contributed by atoms with Gasteiger partial charge < -0.3 is 20.1 Å². The molecule has 0 saturated carbocycles. The molecule has 2 unspecified atom stereocenters. The SMILES string of the molecule is CCOC(O)C1=C(N(C)C(=O)CC#N)SC(C)N1. The number of nitrogens with zero attached hydrogens (tertiary/aromatic N) is 2. The molecule has 0 saturated heterocycles. The average molecular weight is 271 g/mol. The predicted molar refractivity (Wildman–Crippen MR) is 67.8 cm³/mol. The summed E-state index contributed by atoms with van der Waals surface area (Å²) < 4.78 is 5.11. The van der Waals surface area contributed by atoms with Crippen molar-refractivity contribution in [1.82, 2.24) is 10.2 Å². The van der Waals surface area contributed by atoms with Crippen LogP contribution in [-0.4, -0.2) is 41.2 Å². The average Bonchev–Trinajstić information content (AvgIpc) is 2.71. The number of nitrogens with one attached hydrogen (secondary N) is 1. The second-order valence-corrected chi connectivity index (χ2v) is 5.05. The van der Waals surface area contributed by atoms with E-state index in [1.165, 1.54) is 16.7 Å². The van der Waals surface area contributed by atoms with E-state index >= 15 is 0 Å². The van der Waals surface area contributed by atoms with Crippen LogP contribution >= 0.6 is 11.8 Å². The molecule has 6 nitrogen and oxygen atoms in total. The van der Waals surface area contributed by atoms with Crippen LogP contribution < -0.4 is 5.32 Å². The molecule has 1 heterocycles. The number of aliphatic hydroxyl groups excluding tert-OH is 1. The highest BCUT2D eigenvalue weighted by atomic mass is 32.2. The van der Waals surface area contributed by atoms with Gasteiger partial charge in [0.25, 0.3) is 0 Å². The van der Waals surface area contributed by atoms with Crippen molar-refractivity contribution in [3.63, 3.8) is 0 Å². The lowest BCUT2D eigenvalue weighted by Crippen LogP contribution is -2.30. The third kappa shape index (κ3) is 3.38. The number of rotatable bonds is 5. The number of amides is 1. The van der Waals surface area contributed by atoms with E-state index in [0.29, 0.717) is 17.3 Å². The smallest absolute Gasteiger partial charge is 0.241 e. The van der Waals surface area contributed by atoms with Gasteiger partial charge in [0.1, 0.15) is 11.4 Å². The third-order valence-corrected chi connectivity index (χ3v) is 3.55. The molecule has 1 aliphatic heterocycles. The van der Waals surface area contributed by atoms with Crippen molar-refractivity contribution >= 4 is 17.7 Å². The van der Waals surface area contributed by atoms with Crippen molar-refractivity contribution in [3.05, 3.63) is 10.7 Å². The number of hydrogen-bond acceptors (Lipinski definition) is 6. The van der Waals surface area contributed by atoms with Gasteiger partial charge in [-0.3, -0.25) is 4.79 Å². The van der Waals surface area contributed by atoms with Crippen LogP contribution in [0.25, 0.3) is 0 Å². The van der Waals surface area contributed by atoms with E-state index in [9.17, 15) is 9.90 Å². The minimum Gasteiger partial charge on any atom is -0.370 e. The summed E-state index contributed by atoms with van der Waals surface area (Å²) in [5, 5.41) is 22.1. The Morgan fingerprint density at radius 2 is 2.44 bits per heavy atom. The molecule has 0 radical (unpaired) electrons. The summed E-state index contributed by atoms with van der Waals surface area (Å²) in [7, 11) is 1.58. The summed E-state index contributed by atoms with van der Waals surface area (Å²) in [4.78, 5) is 13.0. The fourth-order valence-corrected chi connectivity index (χ4v) is 2.59. The van der Waals surface area contributed by atoms with Crippen molar-refractivity contribution in [3.8, 4) is 6.07 Å². The van der Waals surface area contributed by atoms with Crippen LogP contribution in [-0.2, 0) is 9.53 Å². The molecular formula is C11H17N3O3S. The number of nitriles is 1. The number of carbonyl (C=O) groups excluding carboxylic acids is 1. The molecule has 0 aromatic heterocycles. The fourth-order valence-electron chi connectivity index (χ4n) is 1.52. The topological polar surface area (TPSA) is 85.6 Å². The van der Waals surface area contributed by atoms with Crippen LogP contribution in [0.5, 0.6) is 0 Å². The van der Waals surface area contributed by atoms with Gasteiger partial charge in [-0.25, -0.2) is 0 Å². The molecule has 0 spiro atoms. The first kappa shape index (κ1) is 14.8. The van der Waals surface area contributed by atoms with Gasteiger partial charge in [-0.05, 0) is 13.8 Å². The monoisotopic (exact) mass is 271 g/mol. The number of hydrogen-bond donors (Lipinski definition) is 2. The lowest BCUT2D eigenvalue weighted by molar-refractivity contribution is -0.126. The molecule has 1 rings (SSSR count). The molecule has 7 heteroatoms. The Bertz CT molecular complexity index is 391. The van der Waals surface area contributed by atoms with Crippen LogP contribution in [0.4, 0.5) is 0 Å². The van der Waals surface area contributed by atoms with E-state index in [4.69, 9.17) is 10.00 Å². The van der Waals surface area contributed by atoms with Gasteiger partial charge in [-0.1, -0.05) is 11.8 Å². The maximum atomic E-state index is 11.7. The van der Waals surface area contributed by atoms with Crippen molar-refractivity contribution in [1.29, 1.82) is 5.26 Å². The quantitative estimate of drug-likeness (QED) is 0.711. The maximum absolute atomic E-state index is 11.7. The second kappa shape index (κ2) is 6.64. The second-order valence-electron chi connectivity index (χ2n) is 3.72. The van der Waals surface area contributed by atoms with Crippen LogP contribution in [0, 0.1) is 11.3 Å². The molecule has 0 aliphatic carbocycles. The zero-order chi connectivity index (χ0) is 13.7. The molecular weight excluding hydrogens is 254 g/mol. The maximum Gasteiger partial charge on any atom is 0.241 e. The molecule has 2 atom stereocenters.